The Labute approximate surface area is 81.1 Å². The first-order valence-corrected chi connectivity index (χ1v) is 5.42. The van der Waals surface area contributed by atoms with E-state index < -0.39 is 0 Å². The van der Waals surface area contributed by atoms with Gasteiger partial charge in [0, 0.05) is 0 Å². The predicted molar refractivity (Wildman–Crippen MR) is 39.4 cm³/mol. The molecule has 0 heterocycles. The fraction of sp³-hybridized carbons (Fsp3) is 0.875. The molecule has 0 saturated heterocycles. The molecule has 64 valence electrons. The monoisotopic (exact) mass is 324 g/mol. The molecule has 0 aliphatic rings. The summed E-state index contributed by atoms with van der Waals surface area (Å²) in [6.07, 6.45) is 4.19. The SMILES string of the molecule is CCCCC(CC)C(=O)[O][Ta]. The van der Waals surface area contributed by atoms with Gasteiger partial charge in [0.1, 0.15) is 0 Å². The van der Waals surface area contributed by atoms with Gasteiger partial charge in [0.15, 0.2) is 0 Å². The average molecular weight is 324 g/mol. The Morgan fingerprint density at radius 1 is 1.55 bits per heavy atom. The van der Waals surface area contributed by atoms with E-state index in [1.807, 2.05) is 6.92 Å². The molecule has 0 aliphatic heterocycles. The summed E-state index contributed by atoms with van der Waals surface area (Å²) in [5.41, 5.74) is 0. The van der Waals surface area contributed by atoms with Crippen LogP contribution >= 0.6 is 0 Å². The number of hydrogen-bond acceptors (Lipinski definition) is 2. The van der Waals surface area contributed by atoms with E-state index >= 15 is 0 Å². The van der Waals surface area contributed by atoms with E-state index in [4.69, 9.17) is 3.24 Å². The van der Waals surface area contributed by atoms with Crippen LogP contribution in [0.4, 0.5) is 0 Å². The number of carbonyl (C=O) groups excluding carboxylic acids is 1. The van der Waals surface area contributed by atoms with Crippen molar-refractivity contribution in [3.63, 3.8) is 0 Å². The summed E-state index contributed by atoms with van der Waals surface area (Å²) in [6, 6.07) is 0. The van der Waals surface area contributed by atoms with E-state index in [1.54, 1.807) is 0 Å². The van der Waals surface area contributed by atoms with Crippen LogP contribution in [0, 0.1) is 5.92 Å². The second-order valence-electron chi connectivity index (χ2n) is 2.66. The summed E-state index contributed by atoms with van der Waals surface area (Å²) < 4.78 is 4.77. The molecule has 2 nitrogen and oxygen atoms in total. The Morgan fingerprint density at radius 2 is 2.18 bits per heavy atom. The van der Waals surface area contributed by atoms with Crippen molar-refractivity contribution >= 4 is 5.97 Å². The van der Waals surface area contributed by atoms with Gasteiger partial charge in [-0.2, -0.15) is 0 Å². The third kappa shape index (κ3) is 4.62. The van der Waals surface area contributed by atoms with Crippen LogP contribution in [0.1, 0.15) is 39.5 Å². The zero-order valence-electron chi connectivity index (χ0n) is 7.17. The normalized spacial score (nSPS) is 12.5. The number of hydrogen-bond donors (Lipinski definition) is 0. The minimum atomic E-state index is -0.00529. The Hall–Kier alpha value is 0.210. The van der Waals surface area contributed by atoms with Crippen LogP contribution in [-0.2, 0) is 29.5 Å². The summed E-state index contributed by atoms with van der Waals surface area (Å²) in [5.74, 6) is 0.147. The summed E-state index contributed by atoms with van der Waals surface area (Å²) in [4.78, 5) is 11.1. The van der Waals surface area contributed by atoms with Crippen LogP contribution in [0.2, 0.25) is 0 Å². The first-order valence-electron chi connectivity index (χ1n) is 4.11. The maximum atomic E-state index is 11.1. The average Bonchev–Trinajstić information content (AvgIpc) is 2.05. The van der Waals surface area contributed by atoms with Crippen molar-refractivity contribution in [2.45, 2.75) is 39.5 Å². The molecule has 0 amide bonds. The van der Waals surface area contributed by atoms with Crippen LogP contribution in [0.25, 0.3) is 0 Å². The molecule has 0 radical (unpaired) electrons. The third-order valence-electron chi connectivity index (χ3n) is 1.82. The van der Waals surface area contributed by atoms with E-state index in [0.717, 1.165) is 47.1 Å². The summed E-state index contributed by atoms with van der Waals surface area (Å²) in [6.45, 7) is 4.17. The second-order valence-corrected chi connectivity index (χ2v) is 3.31. The molecule has 0 fully saturated rings. The fourth-order valence-electron chi connectivity index (χ4n) is 1.01. The van der Waals surface area contributed by atoms with Gasteiger partial charge in [-0.25, -0.2) is 0 Å². The van der Waals surface area contributed by atoms with Crippen molar-refractivity contribution < 1.29 is 29.5 Å². The van der Waals surface area contributed by atoms with Crippen LogP contribution < -0.4 is 0 Å². The Balaban J connectivity index is 3.65. The van der Waals surface area contributed by atoms with Crippen LogP contribution in [0.5, 0.6) is 0 Å². The van der Waals surface area contributed by atoms with E-state index in [-0.39, 0.29) is 11.9 Å². The summed E-state index contributed by atoms with van der Waals surface area (Å²) in [5, 5.41) is 0. The Bertz CT molecular complexity index is 115. The standard InChI is InChI=1S/C8H16O2.Ta/c1-3-5-6-7(4-2)8(9)10;/h7H,3-6H2,1-2H3,(H,9,10);/q;+1/p-1. The van der Waals surface area contributed by atoms with Gasteiger partial charge in [0.05, 0.1) is 0 Å². The molecule has 0 rings (SSSR count). The van der Waals surface area contributed by atoms with Gasteiger partial charge in [-0.1, -0.05) is 0 Å². The topological polar surface area (TPSA) is 26.3 Å². The molecule has 0 aromatic rings. The van der Waals surface area contributed by atoms with Gasteiger partial charge >= 0.3 is 80.9 Å². The molecule has 0 bridgehead atoms. The number of unbranched alkanes of at least 4 members (excludes halogenated alkanes) is 1. The molecule has 1 atom stereocenters. The zero-order valence-corrected chi connectivity index (χ0v) is 10.4. The van der Waals surface area contributed by atoms with Gasteiger partial charge in [-0.05, 0) is 0 Å². The third-order valence-corrected chi connectivity index (χ3v) is 2.47. The summed E-state index contributed by atoms with van der Waals surface area (Å²) in [7, 11) is 0. The number of carbonyl (C=O) groups is 1. The molecular formula is C8H15O2Ta. The van der Waals surface area contributed by atoms with Crippen molar-refractivity contribution in [1.29, 1.82) is 0 Å². The van der Waals surface area contributed by atoms with Crippen molar-refractivity contribution in [2.75, 3.05) is 0 Å². The van der Waals surface area contributed by atoms with E-state index in [9.17, 15) is 4.79 Å². The Morgan fingerprint density at radius 3 is 2.55 bits per heavy atom. The maximum absolute atomic E-state index is 11.1. The molecule has 1 unspecified atom stereocenters. The van der Waals surface area contributed by atoms with Crippen molar-refractivity contribution in [3.8, 4) is 0 Å². The van der Waals surface area contributed by atoms with E-state index in [1.165, 1.54) is 0 Å². The van der Waals surface area contributed by atoms with Crippen molar-refractivity contribution in [3.05, 3.63) is 0 Å². The van der Waals surface area contributed by atoms with Gasteiger partial charge < -0.3 is 0 Å². The van der Waals surface area contributed by atoms with Crippen LogP contribution in [0.15, 0.2) is 0 Å². The zero-order chi connectivity index (χ0) is 8.69. The Kier molecular flexibility index (Phi) is 7.02. The first-order chi connectivity index (χ1) is 5.26. The molecule has 0 spiro atoms. The molecule has 11 heavy (non-hydrogen) atoms. The minimum absolute atomic E-state index is 0.00529. The van der Waals surface area contributed by atoms with Gasteiger partial charge in [0.2, 0.25) is 0 Å². The number of rotatable bonds is 5. The van der Waals surface area contributed by atoms with Crippen LogP contribution in [-0.4, -0.2) is 5.97 Å². The van der Waals surface area contributed by atoms with Gasteiger partial charge in [-0.15, -0.1) is 0 Å². The molecule has 3 heteroatoms. The molecular weight excluding hydrogens is 309 g/mol. The van der Waals surface area contributed by atoms with Gasteiger partial charge in [-0.3, -0.25) is 0 Å². The van der Waals surface area contributed by atoms with Crippen molar-refractivity contribution in [1.82, 2.24) is 0 Å². The van der Waals surface area contributed by atoms with Gasteiger partial charge in [0.25, 0.3) is 0 Å². The second kappa shape index (κ2) is 6.89. The molecule has 0 saturated carbocycles. The molecule has 0 aromatic carbocycles. The fourth-order valence-corrected chi connectivity index (χ4v) is 1.55. The molecule has 0 aromatic heterocycles. The quantitative estimate of drug-likeness (QED) is 0.775. The van der Waals surface area contributed by atoms with E-state index in [2.05, 4.69) is 6.92 Å². The summed E-state index contributed by atoms with van der Waals surface area (Å²) >= 11 is 0.719. The van der Waals surface area contributed by atoms with Crippen molar-refractivity contribution in [2.24, 2.45) is 5.92 Å². The molecule has 0 aliphatic carbocycles. The molecule has 0 N–H and O–H groups in total. The van der Waals surface area contributed by atoms with Crippen LogP contribution in [0.3, 0.4) is 0 Å². The predicted octanol–water partition coefficient (Wildman–Crippen LogP) is 2.21. The van der Waals surface area contributed by atoms with E-state index in [0.29, 0.717) is 0 Å². The first kappa shape index (κ1) is 11.2.